The van der Waals surface area contributed by atoms with Gasteiger partial charge in [0.25, 0.3) is 0 Å². The van der Waals surface area contributed by atoms with Crippen molar-refractivity contribution in [3.63, 3.8) is 0 Å². The second-order valence-electron chi connectivity index (χ2n) is 0.790. The normalized spacial score (nSPS) is 11.0. The molecule has 2 N–H and O–H groups in total. The summed E-state index contributed by atoms with van der Waals surface area (Å²) in [5.74, 6) is 0. The summed E-state index contributed by atoms with van der Waals surface area (Å²) in [7, 11) is 0. The number of nitrogens with zero attached hydrogens (tertiary/aromatic N) is 1. The molecule has 0 amide bonds. The standard InChI is InChI=1S/C2H3N3O/c6-2-3-1-4-5-2/h1H,(H2,3,4,5,6)/i1D. The first-order chi connectivity index (χ1) is 3.29. The lowest BCUT2D eigenvalue weighted by Crippen LogP contribution is -1.99. The van der Waals surface area contributed by atoms with Crippen LogP contribution in [0.4, 0.5) is 0 Å². The van der Waals surface area contributed by atoms with Gasteiger partial charge in [-0.25, -0.2) is 9.89 Å². The van der Waals surface area contributed by atoms with E-state index in [0.717, 1.165) is 0 Å². The van der Waals surface area contributed by atoms with E-state index in [9.17, 15) is 4.79 Å². The molecule has 0 fully saturated rings. The predicted molar refractivity (Wildman–Crippen MR) is 19.2 cm³/mol. The van der Waals surface area contributed by atoms with E-state index in [1.165, 1.54) is 0 Å². The van der Waals surface area contributed by atoms with Crippen LogP contribution >= 0.6 is 0 Å². The van der Waals surface area contributed by atoms with Crippen LogP contribution in [0.25, 0.3) is 0 Å². The second-order valence-corrected chi connectivity index (χ2v) is 0.790. The third-order valence-corrected chi connectivity index (χ3v) is 0.383. The van der Waals surface area contributed by atoms with Gasteiger partial charge in [-0.3, -0.25) is 4.98 Å². The van der Waals surface area contributed by atoms with Crippen molar-refractivity contribution in [3.05, 3.63) is 16.8 Å². The molecule has 0 atom stereocenters. The zero-order chi connectivity index (χ0) is 5.28. The van der Waals surface area contributed by atoms with Crippen molar-refractivity contribution >= 4 is 0 Å². The predicted octanol–water partition coefficient (Wildman–Crippen LogP) is -0.902. The van der Waals surface area contributed by atoms with Crippen molar-refractivity contribution in [2.24, 2.45) is 0 Å². The van der Waals surface area contributed by atoms with Crippen molar-refractivity contribution in [3.8, 4) is 0 Å². The van der Waals surface area contributed by atoms with Crippen LogP contribution in [0.2, 0.25) is 0 Å². The lowest BCUT2D eigenvalue weighted by atomic mass is 11.3. The van der Waals surface area contributed by atoms with Gasteiger partial charge in [-0.05, 0) is 0 Å². The molecule has 0 saturated heterocycles. The van der Waals surface area contributed by atoms with Gasteiger partial charge in [-0.15, -0.1) is 0 Å². The van der Waals surface area contributed by atoms with Gasteiger partial charge in [-0.1, -0.05) is 0 Å². The average molecular weight is 86.1 g/mol. The van der Waals surface area contributed by atoms with E-state index >= 15 is 0 Å². The second kappa shape index (κ2) is 0.965. The number of hydrogen-bond donors (Lipinski definition) is 2. The number of nitrogens with one attached hydrogen (secondary N) is 2. The number of rotatable bonds is 0. The van der Waals surface area contributed by atoms with E-state index in [0.29, 0.717) is 0 Å². The van der Waals surface area contributed by atoms with Crippen LogP contribution in [0.3, 0.4) is 0 Å². The van der Waals surface area contributed by atoms with Gasteiger partial charge in [0, 0.05) is 0 Å². The van der Waals surface area contributed by atoms with Gasteiger partial charge in [0.2, 0.25) is 0 Å². The first kappa shape index (κ1) is 2.17. The van der Waals surface area contributed by atoms with Crippen molar-refractivity contribution < 1.29 is 1.37 Å². The largest absolute Gasteiger partial charge is 0.340 e. The molecule has 0 bridgehead atoms. The van der Waals surface area contributed by atoms with Crippen LogP contribution in [0, 0.1) is 0 Å². The minimum atomic E-state index is -0.440. The van der Waals surface area contributed by atoms with Gasteiger partial charge in [0.15, 0.2) is 0 Å². The van der Waals surface area contributed by atoms with Crippen LogP contribution in [-0.2, 0) is 0 Å². The van der Waals surface area contributed by atoms with Gasteiger partial charge in [0.05, 0.1) is 0 Å². The Morgan fingerprint density at radius 3 is 3.17 bits per heavy atom. The summed E-state index contributed by atoms with van der Waals surface area (Å²) in [6, 6.07) is 0. The van der Waals surface area contributed by atoms with Gasteiger partial charge >= 0.3 is 5.69 Å². The van der Waals surface area contributed by atoms with E-state index in [-0.39, 0.29) is 6.30 Å². The highest BCUT2D eigenvalue weighted by Crippen LogP contribution is 1.42. The molecular weight excluding hydrogens is 82.0 g/mol. The lowest BCUT2D eigenvalue weighted by Gasteiger charge is -1.49. The molecule has 0 aliphatic carbocycles. The number of H-pyrrole nitrogens is 2. The Balaban J connectivity index is 3.30. The average Bonchev–Trinajstić information content (AvgIpc) is 1.87. The molecular formula is C2H3N3O. The molecule has 0 saturated carbocycles. The highest BCUT2D eigenvalue weighted by atomic mass is 16.1. The molecule has 0 aromatic carbocycles. The monoisotopic (exact) mass is 86.0 g/mol. The number of hydrogen-bond acceptors (Lipinski definition) is 2. The Bertz CT molecular complexity index is 201. The third-order valence-electron chi connectivity index (χ3n) is 0.383. The van der Waals surface area contributed by atoms with Crippen molar-refractivity contribution in [2.75, 3.05) is 0 Å². The molecule has 1 aromatic heterocycles. The Hall–Kier alpha value is -1.06. The first-order valence-electron chi connectivity index (χ1n) is 1.90. The van der Waals surface area contributed by atoms with Crippen molar-refractivity contribution in [2.45, 2.75) is 0 Å². The number of aromatic amines is 2. The Morgan fingerprint density at radius 1 is 2.17 bits per heavy atom. The van der Waals surface area contributed by atoms with Gasteiger partial charge in [0.1, 0.15) is 7.67 Å². The quantitative estimate of drug-likeness (QED) is 0.429. The van der Waals surface area contributed by atoms with Crippen LogP contribution in [-0.4, -0.2) is 15.2 Å². The molecule has 4 nitrogen and oxygen atoms in total. The van der Waals surface area contributed by atoms with Crippen LogP contribution in [0.5, 0.6) is 0 Å². The molecule has 0 aliphatic rings. The zero-order valence-electron chi connectivity index (χ0n) is 3.86. The van der Waals surface area contributed by atoms with Crippen LogP contribution in [0.1, 0.15) is 1.37 Å². The zero-order valence-corrected chi connectivity index (χ0v) is 2.86. The molecule has 0 aliphatic heterocycles. The molecule has 1 aromatic rings. The Kier molecular flexibility index (Phi) is 0.350. The summed E-state index contributed by atoms with van der Waals surface area (Å²) in [4.78, 5) is 12.1. The van der Waals surface area contributed by atoms with Gasteiger partial charge in [-0.2, -0.15) is 5.10 Å². The summed E-state index contributed by atoms with van der Waals surface area (Å²) in [5, 5.41) is 5.21. The first-order valence-corrected chi connectivity index (χ1v) is 1.40. The smallest absolute Gasteiger partial charge is 0.296 e. The molecule has 0 unspecified atom stereocenters. The fraction of sp³-hybridized carbons (Fsp3) is 0. The van der Waals surface area contributed by atoms with E-state index in [2.05, 4.69) is 10.1 Å². The van der Waals surface area contributed by atoms with Crippen LogP contribution in [0.15, 0.2) is 11.1 Å². The van der Waals surface area contributed by atoms with Crippen molar-refractivity contribution in [1.82, 2.24) is 15.2 Å². The summed E-state index contributed by atoms with van der Waals surface area (Å²) >= 11 is 0. The fourth-order valence-corrected chi connectivity index (χ4v) is 0.185. The van der Waals surface area contributed by atoms with Crippen molar-refractivity contribution in [1.29, 1.82) is 0 Å². The van der Waals surface area contributed by atoms with E-state index in [1.807, 2.05) is 5.10 Å². The topological polar surface area (TPSA) is 61.5 Å². The minimum absolute atomic E-state index is 0.134. The highest BCUT2D eigenvalue weighted by Gasteiger charge is 1.70. The van der Waals surface area contributed by atoms with E-state index in [4.69, 9.17) is 1.37 Å². The maximum Gasteiger partial charge on any atom is 0.340 e. The summed E-state index contributed by atoms with van der Waals surface area (Å²) < 4.78 is 6.62. The SMILES string of the molecule is [2H]c1n[nH]c(=O)[nH]1. The summed E-state index contributed by atoms with van der Waals surface area (Å²) in [6.45, 7) is 0. The Morgan fingerprint density at radius 2 is 3.00 bits per heavy atom. The highest BCUT2D eigenvalue weighted by molar-refractivity contribution is 4.48. The molecule has 4 heteroatoms. The molecule has 1 heterocycles. The van der Waals surface area contributed by atoms with Gasteiger partial charge < -0.3 is 0 Å². The molecule has 1 rings (SSSR count). The molecule has 0 radical (unpaired) electrons. The van der Waals surface area contributed by atoms with E-state index < -0.39 is 5.69 Å². The lowest BCUT2D eigenvalue weighted by molar-refractivity contribution is 1.05. The molecule has 6 heavy (non-hydrogen) atoms. The minimum Gasteiger partial charge on any atom is -0.296 e. The summed E-state index contributed by atoms with van der Waals surface area (Å²) in [6.07, 6.45) is -0.134. The fourth-order valence-electron chi connectivity index (χ4n) is 0.185. The summed E-state index contributed by atoms with van der Waals surface area (Å²) in [5.41, 5.74) is -0.440. The third kappa shape index (κ3) is 0.314. The maximum absolute atomic E-state index is 10.00. The number of aromatic nitrogens is 3. The Labute approximate surface area is 34.6 Å². The maximum atomic E-state index is 10.00. The molecule has 32 valence electrons. The van der Waals surface area contributed by atoms with Crippen LogP contribution < -0.4 is 5.69 Å². The van der Waals surface area contributed by atoms with E-state index in [1.54, 1.807) is 0 Å². The molecule has 0 spiro atoms.